The summed E-state index contributed by atoms with van der Waals surface area (Å²) in [7, 11) is 1.40. The van der Waals surface area contributed by atoms with Gasteiger partial charge in [-0.2, -0.15) is 0 Å². The number of esters is 1. The van der Waals surface area contributed by atoms with Crippen molar-refractivity contribution in [3.63, 3.8) is 0 Å². The van der Waals surface area contributed by atoms with Crippen LogP contribution in [0.2, 0.25) is 0 Å². The van der Waals surface area contributed by atoms with Gasteiger partial charge in [-0.05, 0) is 25.7 Å². The summed E-state index contributed by atoms with van der Waals surface area (Å²) in [5.74, 6) is -0.268. The number of carbonyl (C=O) groups excluding carboxylic acids is 2. The second kappa shape index (κ2) is 15.5. The van der Waals surface area contributed by atoms with Crippen LogP contribution in [-0.2, 0) is 14.3 Å². The summed E-state index contributed by atoms with van der Waals surface area (Å²) in [6.45, 7) is 2.08. The number of allylic oxidation sites excluding steroid dienone is 4. The molecule has 0 saturated carbocycles. The van der Waals surface area contributed by atoms with Gasteiger partial charge < -0.3 is 9.84 Å². The zero-order valence-corrected chi connectivity index (χ0v) is 14.6. The van der Waals surface area contributed by atoms with Gasteiger partial charge in [0, 0.05) is 12.8 Å². The first-order valence-corrected chi connectivity index (χ1v) is 8.69. The fourth-order valence-corrected chi connectivity index (χ4v) is 2.17. The van der Waals surface area contributed by atoms with Gasteiger partial charge >= 0.3 is 5.97 Å². The maximum absolute atomic E-state index is 11.7. The Balaban J connectivity index is 3.57. The summed E-state index contributed by atoms with van der Waals surface area (Å²) in [6, 6.07) is 0. The van der Waals surface area contributed by atoms with Gasteiger partial charge in [0.25, 0.3) is 0 Å². The number of rotatable bonds is 14. The minimum atomic E-state index is -0.846. The molecule has 0 aliphatic heterocycles. The summed E-state index contributed by atoms with van der Waals surface area (Å²) in [4.78, 5) is 22.7. The minimum Gasteiger partial charge on any atom is -0.469 e. The number of ether oxygens (including phenoxy) is 1. The van der Waals surface area contributed by atoms with E-state index in [1.807, 2.05) is 12.2 Å². The van der Waals surface area contributed by atoms with Gasteiger partial charge in [0.05, 0.1) is 7.11 Å². The molecule has 132 valence electrons. The van der Waals surface area contributed by atoms with Crippen LogP contribution in [0.4, 0.5) is 0 Å². The number of Topliss-reactive ketones (excluding diaryl/α,β-unsaturated/α-hetero) is 1. The van der Waals surface area contributed by atoms with Crippen molar-refractivity contribution in [3.8, 4) is 0 Å². The van der Waals surface area contributed by atoms with Gasteiger partial charge in [-0.1, -0.05) is 56.9 Å². The van der Waals surface area contributed by atoms with Crippen molar-refractivity contribution in [1.82, 2.24) is 0 Å². The molecule has 4 heteroatoms. The van der Waals surface area contributed by atoms with Crippen molar-refractivity contribution < 1.29 is 19.4 Å². The zero-order chi connectivity index (χ0) is 17.3. The number of ketones is 1. The van der Waals surface area contributed by atoms with Crippen molar-refractivity contribution >= 4 is 11.8 Å². The molecular weight excluding hydrogens is 292 g/mol. The van der Waals surface area contributed by atoms with Crippen LogP contribution in [0.5, 0.6) is 0 Å². The molecule has 0 fully saturated rings. The molecule has 0 radical (unpaired) electrons. The van der Waals surface area contributed by atoms with Gasteiger partial charge in [0.2, 0.25) is 0 Å². The smallest absolute Gasteiger partial charge is 0.305 e. The van der Waals surface area contributed by atoms with Gasteiger partial charge in [0.15, 0.2) is 5.78 Å². The number of hydrogen-bond donors (Lipinski definition) is 1. The fraction of sp³-hybridized carbons (Fsp3) is 0.684. The number of aliphatic hydroxyl groups is 1. The summed E-state index contributed by atoms with van der Waals surface area (Å²) in [6.07, 6.45) is 14.9. The van der Waals surface area contributed by atoms with E-state index in [9.17, 15) is 14.7 Å². The second-order valence-corrected chi connectivity index (χ2v) is 5.66. The average molecular weight is 324 g/mol. The quantitative estimate of drug-likeness (QED) is 0.296. The van der Waals surface area contributed by atoms with E-state index in [1.54, 1.807) is 0 Å². The van der Waals surface area contributed by atoms with Crippen LogP contribution in [-0.4, -0.2) is 30.1 Å². The van der Waals surface area contributed by atoms with E-state index in [0.29, 0.717) is 19.3 Å². The number of unbranched alkanes of at least 4 members (excludes halogenated alkanes) is 4. The first-order valence-electron chi connectivity index (χ1n) is 8.69. The van der Waals surface area contributed by atoms with E-state index < -0.39 is 6.10 Å². The summed E-state index contributed by atoms with van der Waals surface area (Å²) in [5.41, 5.74) is 0. The van der Waals surface area contributed by atoms with Crippen LogP contribution in [0.15, 0.2) is 24.3 Å². The molecule has 0 aliphatic carbocycles. The third kappa shape index (κ3) is 13.9. The van der Waals surface area contributed by atoms with Gasteiger partial charge in [-0.15, -0.1) is 0 Å². The van der Waals surface area contributed by atoms with Crippen LogP contribution in [0.1, 0.15) is 71.1 Å². The van der Waals surface area contributed by atoms with Crippen LogP contribution >= 0.6 is 0 Å². The molecule has 0 saturated heterocycles. The fourth-order valence-electron chi connectivity index (χ4n) is 2.17. The predicted octanol–water partition coefficient (Wildman–Crippen LogP) is 4.12. The molecule has 1 atom stereocenters. The minimum absolute atomic E-state index is 0.105. The standard InChI is InChI=1S/C19H32O4/c1-3-4-5-6-8-11-14-17(20)18(21)15-12-9-7-10-13-16-19(22)23-2/h4-5,8,11,18,21H,3,6-7,9-10,12-16H2,1-2H3/b5-4?,11-8-. The van der Waals surface area contributed by atoms with Crippen molar-refractivity contribution in [2.75, 3.05) is 7.11 Å². The number of aliphatic hydroxyl groups excluding tert-OH is 1. The van der Waals surface area contributed by atoms with Gasteiger partial charge in [-0.3, -0.25) is 9.59 Å². The molecule has 0 aromatic rings. The lowest BCUT2D eigenvalue weighted by atomic mass is 10.0. The highest BCUT2D eigenvalue weighted by molar-refractivity contribution is 5.84. The first kappa shape index (κ1) is 21.6. The Morgan fingerprint density at radius 3 is 2.35 bits per heavy atom. The summed E-state index contributed by atoms with van der Waals surface area (Å²) >= 11 is 0. The lowest BCUT2D eigenvalue weighted by Gasteiger charge is -2.08. The Labute approximate surface area is 140 Å². The normalized spacial score (nSPS) is 12.8. The molecule has 0 amide bonds. The maximum atomic E-state index is 11.7. The Morgan fingerprint density at radius 2 is 1.65 bits per heavy atom. The largest absolute Gasteiger partial charge is 0.469 e. The Morgan fingerprint density at radius 1 is 1.00 bits per heavy atom. The molecule has 1 unspecified atom stereocenters. The van der Waals surface area contributed by atoms with Crippen LogP contribution in [0.3, 0.4) is 0 Å². The second-order valence-electron chi connectivity index (χ2n) is 5.66. The monoisotopic (exact) mass is 324 g/mol. The van der Waals surface area contributed by atoms with Gasteiger partial charge in [0.1, 0.15) is 6.10 Å². The van der Waals surface area contributed by atoms with E-state index in [0.717, 1.165) is 44.9 Å². The van der Waals surface area contributed by atoms with E-state index in [4.69, 9.17) is 0 Å². The summed E-state index contributed by atoms with van der Waals surface area (Å²) in [5, 5.41) is 9.81. The first-order chi connectivity index (χ1) is 11.1. The molecule has 0 spiro atoms. The highest BCUT2D eigenvalue weighted by Crippen LogP contribution is 2.10. The van der Waals surface area contributed by atoms with Gasteiger partial charge in [-0.25, -0.2) is 0 Å². The molecule has 0 heterocycles. The third-order valence-corrected chi connectivity index (χ3v) is 3.62. The molecule has 0 aliphatic rings. The zero-order valence-electron chi connectivity index (χ0n) is 14.6. The maximum Gasteiger partial charge on any atom is 0.305 e. The Hall–Kier alpha value is -1.42. The predicted molar refractivity (Wildman–Crippen MR) is 93.2 cm³/mol. The lowest BCUT2D eigenvalue weighted by Crippen LogP contribution is -2.19. The molecular formula is C19H32O4. The van der Waals surface area contributed by atoms with E-state index in [2.05, 4.69) is 23.8 Å². The molecule has 4 nitrogen and oxygen atoms in total. The highest BCUT2D eigenvalue weighted by Gasteiger charge is 2.12. The highest BCUT2D eigenvalue weighted by atomic mass is 16.5. The Kier molecular flexibility index (Phi) is 14.5. The topological polar surface area (TPSA) is 63.6 Å². The summed E-state index contributed by atoms with van der Waals surface area (Å²) < 4.78 is 4.58. The SMILES string of the molecule is CCC=CC/C=C\CC(=O)C(O)CCCCCCCC(=O)OC. The molecule has 23 heavy (non-hydrogen) atoms. The van der Waals surface area contributed by atoms with E-state index >= 15 is 0 Å². The molecule has 0 aromatic heterocycles. The van der Waals surface area contributed by atoms with Crippen molar-refractivity contribution in [2.45, 2.75) is 77.2 Å². The van der Waals surface area contributed by atoms with E-state index in [-0.39, 0.29) is 11.8 Å². The Bertz CT molecular complexity index is 372. The average Bonchev–Trinajstić information content (AvgIpc) is 2.56. The van der Waals surface area contributed by atoms with Crippen LogP contribution in [0, 0.1) is 0 Å². The lowest BCUT2D eigenvalue weighted by molar-refractivity contribution is -0.140. The van der Waals surface area contributed by atoms with Crippen molar-refractivity contribution in [1.29, 1.82) is 0 Å². The van der Waals surface area contributed by atoms with Crippen molar-refractivity contribution in [2.24, 2.45) is 0 Å². The third-order valence-electron chi connectivity index (χ3n) is 3.62. The van der Waals surface area contributed by atoms with E-state index in [1.165, 1.54) is 7.11 Å². The number of carbonyl (C=O) groups is 2. The number of hydrogen-bond acceptors (Lipinski definition) is 4. The van der Waals surface area contributed by atoms with Crippen LogP contribution in [0.25, 0.3) is 0 Å². The molecule has 1 N–H and O–H groups in total. The number of methoxy groups -OCH3 is 1. The molecule has 0 aromatic carbocycles. The molecule has 0 rings (SSSR count). The van der Waals surface area contributed by atoms with Crippen LogP contribution < -0.4 is 0 Å². The van der Waals surface area contributed by atoms with Crippen molar-refractivity contribution in [3.05, 3.63) is 24.3 Å². The molecule has 0 bridgehead atoms.